The third kappa shape index (κ3) is 2.43. The van der Waals surface area contributed by atoms with Crippen molar-refractivity contribution in [2.45, 2.75) is 58.6 Å². The topological polar surface area (TPSA) is 38.0 Å². The molecule has 3 nitrogen and oxygen atoms in total. The highest BCUT2D eigenvalue weighted by Crippen LogP contribution is 2.43. The third-order valence-corrected chi connectivity index (χ3v) is 4.61. The van der Waals surface area contributed by atoms with Gasteiger partial charge in [-0.3, -0.25) is 4.68 Å². The van der Waals surface area contributed by atoms with Crippen molar-refractivity contribution in [1.29, 1.82) is 0 Å². The summed E-state index contributed by atoms with van der Waals surface area (Å²) in [7, 11) is 0. The number of aromatic nitrogens is 2. The fraction of sp³-hybridized carbons (Fsp3) is 0.786. The molecule has 0 unspecified atom stereocenters. The Morgan fingerprint density at radius 3 is 2.61 bits per heavy atom. The fourth-order valence-electron chi connectivity index (χ4n) is 3.09. The van der Waals surface area contributed by atoms with E-state index in [1.165, 1.54) is 0 Å². The molecule has 0 bridgehead atoms. The largest absolute Gasteiger partial charge is 0.384 e. The highest BCUT2D eigenvalue weighted by molar-refractivity contribution is 6.31. The van der Waals surface area contributed by atoms with Crippen molar-refractivity contribution in [1.82, 2.24) is 9.78 Å². The van der Waals surface area contributed by atoms with E-state index in [-0.39, 0.29) is 0 Å². The Morgan fingerprint density at radius 2 is 2.11 bits per heavy atom. The van der Waals surface area contributed by atoms with Gasteiger partial charge in [-0.05, 0) is 44.4 Å². The van der Waals surface area contributed by atoms with Gasteiger partial charge >= 0.3 is 0 Å². The van der Waals surface area contributed by atoms with Crippen LogP contribution in [0.3, 0.4) is 0 Å². The van der Waals surface area contributed by atoms with Crippen molar-refractivity contribution in [3.05, 3.63) is 16.9 Å². The maximum atomic E-state index is 10.9. The fourth-order valence-corrected chi connectivity index (χ4v) is 3.40. The van der Waals surface area contributed by atoms with Crippen LogP contribution in [0.4, 0.5) is 0 Å². The molecule has 1 aromatic heterocycles. The molecule has 0 aromatic carbocycles. The molecule has 0 aliphatic heterocycles. The molecule has 0 radical (unpaired) electrons. The van der Waals surface area contributed by atoms with Gasteiger partial charge in [-0.15, -0.1) is 0 Å². The Bertz CT molecular complexity index is 406. The lowest BCUT2D eigenvalue weighted by atomic mass is 9.73. The van der Waals surface area contributed by atoms with Gasteiger partial charge in [0.2, 0.25) is 0 Å². The molecule has 1 N–H and O–H groups in total. The van der Waals surface area contributed by atoms with Gasteiger partial charge in [0.1, 0.15) is 5.60 Å². The molecule has 1 aromatic rings. The first-order valence-electron chi connectivity index (χ1n) is 6.92. The van der Waals surface area contributed by atoms with Gasteiger partial charge in [-0.2, -0.15) is 5.10 Å². The van der Waals surface area contributed by atoms with Crippen molar-refractivity contribution in [2.24, 2.45) is 11.8 Å². The molecule has 1 aliphatic carbocycles. The first-order valence-corrected chi connectivity index (χ1v) is 7.30. The summed E-state index contributed by atoms with van der Waals surface area (Å²) in [5.74, 6) is 1.42. The zero-order valence-corrected chi connectivity index (χ0v) is 12.2. The summed E-state index contributed by atoms with van der Waals surface area (Å²) in [4.78, 5) is 0. The monoisotopic (exact) mass is 270 g/mol. The van der Waals surface area contributed by atoms with E-state index in [0.717, 1.165) is 43.8 Å². The SMILES string of the molecule is CCn1ncc(Cl)c1C1(O)CCC(C(C)C)CC1. The number of aryl methyl sites for hydroxylation is 1. The molecule has 0 atom stereocenters. The molecule has 102 valence electrons. The van der Waals surface area contributed by atoms with Crippen molar-refractivity contribution < 1.29 is 5.11 Å². The lowest BCUT2D eigenvalue weighted by molar-refractivity contribution is -0.0269. The number of rotatable bonds is 3. The molecular weight excluding hydrogens is 248 g/mol. The first kappa shape index (κ1) is 13.9. The van der Waals surface area contributed by atoms with Crippen molar-refractivity contribution in [2.75, 3.05) is 0 Å². The van der Waals surface area contributed by atoms with Crippen LogP contribution >= 0.6 is 11.6 Å². The zero-order valence-electron chi connectivity index (χ0n) is 11.5. The van der Waals surface area contributed by atoms with E-state index in [4.69, 9.17) is 11.6 Å². The maximum Gasteiger partial charge on any atom is 0.108 e. The van der Waals surface area contributed by atoms with Crippen LogP contribution < -0.4 is 0 Å². The second kappa shape index (κ2) is 5.22. The van der Waals surface area contributed by atoms with Gasteiger partial charge in [-0.25, -0.2) is 0 Å². The van der Waals surface area contributed by atoms with Crippen LogP contribution in [0, 0.1) is 11.8 Å². The molecule has 1 aliphatic rings. The smallest absolute Gasteiger partial charge is 0.108 e. The van der Waals surface area contributed by atoms with Gasteiger partial charge in [-0.1, -0.05) is 25.4 Å². The average molecular weight is 271 g/mol. The number of hydrogen-bond donors (Lipinski definition) is 1. The Kier molecular flexibility index (Phi) is 4.02. The van der Waals surface area contributed by atoms with Gasteiger partial charge in [0.05, 0.1) is 16.9 Å². The average Bonchev–Trinajstić information content (AvgIpc) is 2.71. The number of halogens is 1. The predicted octanol–water partition coefficient (Wildman–Crippen LogP) is 3.59. The van der Waals surface area contributed by atoms with E-state index in [9.17, 15) is 5.11 Å². The number of nitrogens with zero attached hydrogens (tertiary/aromatic N) is 2. The van der Waals surface area contributed by atoms with Crippen LogP contribution in [0.5, 0.6) is 0 Å². The van der Waals surface area contributed by atoms with E-state index >= 15 is 0 Å². The first-order chi connectivity index (χ1) is 8.48. The second-order valence-corrected chi connectivity index (χ2v) is 6.18. The second-order valence-electron chi connectivity index (χ2n) is 5.77. The van der Waals surface area contributed by atoms with E-state index in [0.29, 0.717) is 10.9 Å². The van der Waals surface area contributed by atoms with Crippen molar-refractivity contribution in [3.63, 3.8) is 0 Å². The van der Waals surface area contributed by atoms with Gasteiger partial charge in [0.25, 0.3) is 0 Å². The summed E-state index contributed by atoms with van der Waals surface area (Å²) in [6.45, 7) is 7.30. The van der Waals surface area contributed by atoms with E-state index < -0.39 is 5.60 Å². The number of aliphatic hydroxyl groups is 1. The highest BCUT2D eigenvalue weighted by atomic mass is 35.5. The quantitative estimate of drug-likeness (QED) is 0.911. The summed E-state index contributed by atoms with van der Waals surface area (Å²) in [6, 6.07) is 0. The highest BCUT2D eigenvalue weighted by Gasteiger charge is 2.39. The molecule has 1 fully saturated rings. The minimum Gasteiger partial charge on any atom is -0.384 e. The summed E-state index contributed by atoms with van der Waals surface area (Å²) >= 11 is 6.20. The molecule has 0 amide bonds. The predicted molar refractivity (Wildman–Crippen MR) is 73.6 cm³/mol. The standard InChI is InChI=1S/C14H23ClN2O/c1-4-17-13(12(15)9-16-17)14(18)7-5-11(6-8-14)10(2)3/h9-11,18H,4-8H2,1-3H3. The Balaban J connectivity index is 2.20. The van der Waals surface area contributed by atoms with Crippen LogP contribution in [0.15, 0.2) is 6.20 Å². The van der Waals surface area contributed by atoms with Gasteiger partial charge in [0.15, 0.2) is 0 Å². The van der Waals surface area contributed by atoms with Crippen LogP contribution in [0.1, 0.15) is 52.1 Å². The zero-order chi connectivity index (χ0) is 13.3. The minimum absolute atomic E-state index is 0.599. The molecule has 18 heavy (non-hydrogen) atoms. The molecule has 0 spiro atoms. The summed E-state index contributed by atoms with van der Waals surface area (Å²) < 4.78 is 1.83. The molecule has 1 saturated carbocycles. The molecule has 1 heterocycles. The van der Waals surface area contributed by atoms with Crippen molar-refractivity contribution >= 4 is 11.6 Å². The van der Waals surface area contributed by atoms with E-state index in [2.05, 4.69) is 18.9 Å². The molecular formula is C14H23ClN2O. The van der Waals surface area contributed by atoms with E-state index in [1.807, 2.05) is 11.6 Å². The van der Waals surface area contributed by atoms with Crippen LogP contribution in [0.25, 0.3) is 0 Å². The third-order valence-electron chi connectivity index (χ3n) is 4.34. The Hall–Kier alpha value is -0.540. The summed E-state index contributed by atoms with van der Waals surface area (Å²) in [6.07, 6.45) is 5.37. The lowest BCUT2D eigenvalue weighted by Gasteiger charge is -2.38. The lowest BCUT2D eigenvalue weighted by Crippen LogP contribution is -2.35. The number of hydrogen-bond acceptors (Lipinski definition) is 2. The van der Waals surface area contributed by atoms with Crippen LogP contribution in [0.2, 0.25) is 5.02 Å². The minimum atomic E-state index is -0.783. The summed E-state index contributed by atoms with van der Waals surface area (Å²) in [5, 5.41) is 15.7. The van der Waals surface area contributed by atoms with Crippen molar-refractivity contribution in [3.8, 4) is 0 Å². The van der Waals surface area contributed by atoms with Gasteiger partial charge in [0, 0.05) is 6.54 Å². The molecule has 0 saturated heterocycles. The molecule has 2 rings (SSSR count). The van der Waals surface area contributed by atoms with Crippen LogP contribution in [-0.4, -0.2) is 14.9 Å². The maximum absolute atomic E-state index is 10.9. The Morgan fingerprint density at radius 1 is 1.50 bits per heavy atom. The van der Waals surface area contributed by atoms with Gasteiger partial charge < -0.3 is 5.11 Å². The summed E-state index contributed by atoms with van der Waals surface area (Å²) in [5.41, 5.74) is 0.0310. The van der Waals surface area contributed by atoms with Crippen LogP contribution in [-0.2, 0) is 12.1 Å². The Labute approximate surface area is 114 Å². The normalized spacial score (nSPS) is 28.9. The van der Waals surface area contributed by atoms with E-state index in [1.54, 1.807) is 6.20 Å². The molecule has 4 heteroatoms.